The number of benzene rings is 1. The summed E-state index contributed by atoms with van der Waals surface area (Å²) in [5.41, 5.74) is 3.26. The van der Waals surface area contributed by atoms with E-state index in [4.69, 9.17) is 4.74 Å². The van der Waals surface area contributed by atoms with Crippen LogP contribution in [0.4, 0.5) is 0 Å². The Kier molecular flexibility index (Phi) is 5.04. The Labute approximate surface area is 149 Å². The topological polar surface area (TPSA) is 77.0 Å². The molecule has 0 aliphatic carbocycles. The molecule has 25 heavy (non-hydrogen) atoms. The van der Waals surface area contributed by atoms with Gasteiger partial charge in [0.05, 0.1) is 35.7 Å². The van der Waals surface area contributed by atoms with E-state index in [0.29, 0.717) is 11.4 Å². The van der Waals surface area contributed by atoms with Crippen LogP contribution >= 0.6 is 11.3 Å². The molecular weight excluding hydrogens is 336 g/mol. The average molecular weight is 354 g/mol. The second kappa shape index (κ2) is 7.40. The summed E-state index contributed by atoms with van der Waals surface area (Å²) in [6.45, 7) is 4.06. The number of rotatable bonds is 5. The molecule has 1 aromatic carbocycles. The van der Waals surface area contributed by atoms with E-state index in [1.54, 1.807) is 7.11 Å². The highest BCUT2D eigenvalue weighted by Gasteiger charge is 2.13. The lowest BCUT2D eigenvalue weighted by molar-refractivity contribution is 0.0953. The third kappa shape index (κ3) is 4.00. The summed E-state index contributed by atoms with van der Waals surface area (Å²) in [5, 5.41) is 3.77. The van der Waals surface area contributed by atoms with Gasteiger partial charge in [0.2, 0.25) is 0 Å². The summed E-state index contributed by atoms with van der Waals surface area (Å²) in [5.74, 6) is 0.660. The fourth-order valence-electron chi connectivity index (χ4n) is 2.41. The number of methoxy groups -OCH3 is 1. The molecular formula is C18H18N4O2S. The average Bonchev–Trinajstić information content (AvgIpc) is 2.98. The molecule has 0 spiro atoms. The molecule has 1 amide bonds. The molecule has 0 aliphatic rings. The molecule has 2 heterocycles. The van der Waals surface area contributed by atoms with Crippen molar-refractivity contribution in [1.29, 1.82) is 0 Å². The molecule has 7 heteroatoms. The maximum Gasteiger partial charge on any atom is 0.263 e. The Morgan fingerprint density at radius 2 is 1.96 bits per heavy atom. The van der Waals surface area contributed by atoms with Crippen LogP contribution < -0.4 is 10.1 Å². The number of amides is 1. The quantitative estimate of drug-likeness (QED) is 0.761. The van der Waals surface area contributed by atoms with Gasteiger partial charge in [0.15, 0.2) is 0 Å². The first kappa shape index (κ1) is 17.0. The molecule has 6 nitrogen and oxygen atoms in total. The second-order valence-electron chi connectivity index (χ2n) is 5.45. The summed E-state index contributed by atoms with van der Waals surface area (Å²) in [7, 11) is 1.63. The van der Waals surface area contributed by atoms with Crippen LogP contribution in [0.1, 0.15) is 26.1 Å². The van der Waals surface area contributed by atoms with Gasteiger partial charge in [0, 0.05) is 5.56 Å². The van der Waals surface area contributed by atoms with Crippen LogP contribution in [0, 0.1) is 13.8 Å². The minimum Gasteiger partial charge on any atom is -0.497 e. The van der Waals surface area contributed by atoms with Crippen LogP contribution in [0.15, 0.2) is 36.7 Å². The standard InChI is InChI=1S/C18H18N4O2S/c1-11-17(25-12(2)22-11)18(23)19-9-14-8-16(21-10-20-14)13-4-6-15(24-3)7-5-13/h4-8,10H,9H2,1-3H3,(H,19,23). The van der Waals surface area contributed by atoms with E-state index in [0.717, 1.165) is 33.4 Å². The number of nitrogens with zero attached hydrogens (tertiary/aromatic N) is 3. The summed E-state index contributed by atoms with van der Waals surface area (Å²) < 4.78 is 5.16. The van der Waals surface area contributed by atoms with Crippen molar-refractivity contribution in [3.63, 3.8) is 0 Å². The van der Waals surface area contributed by atoms with E-state index in [9.17, 15) is 4.79 Å². The van der Waals surface area contributed by atoms with Crippen molar-refractivity contribution >= 4 is 17.2 Å². The van der Waals surface area contributed by atoms with Crippen LogP contribution in [-0.2, 0) is 6.54 Å². The van der Waals surface area contributed by atoms with Gasteiger partial charge >= 0.3 is 0 Å². The largest absolute Gasteiger partial charge is 0.497 e. The van der Waals surface area contributed by atoms with Gasteiger partial charge in [-0.3, -0.25) is 4.79 Å². The van der Waals surface area contributed by atoms with Crippen LogP contribution in [0.25, 0.3) is 11.3 Å². The smallest absolute Gasteiger partial charge is 0.263 e. The van der Waals surface area contributed by atoms with Crippen molar-refractivity contribution in [1.82, 2.24) is 20.3 Å². The zero-order valence-corrected chi connectivity index (χ0v) is 15.1. The van der Waals surface area contributed by atoms with Crippen LogP contribution in [0.2, 0.25) is 0 Å². The lowest BCUT2D eigenvalue weighted by Gasteiger charge is -2.06. The van der Waals surface area contributed by atoms with Gasteiger partial charge in [-0.1, -0.05) is 0 Å². The lowest BCUT2D eigenvalue weighted by atomic mass is 10.1. The number of ether oxygens (including phenoxy) is 1. The summed E-state index contributed by atoms with van der Waals surface area (Å²) >= 11 is 1.39. The number of carbonyl (C=O) groups excluding carboxylic acids is 1. The third-order valence-electron chi connectivity index (χ3n) is 3.65. The predicted octanol–water partition coefficient (Wildman–Crippen LogP) is 3.16. The number of carbonyl (C=O) groups is 1. The first-order chi connectivity index (χ1) is 12.1. The molecule has 128 valence electrons. The zero-order valence-electron chi connectivity index (χ0n) is 14.2. The molecule has 3 aromatic rings. The van der Waals surface area contributed by atoms with E-state index in [1.807, 2.05) is 44.2 Å². The molecule has 2 aromatic heterocycles. The SMILES string of the molecule is COc1ccc(-c2cc(CNC(=O)c3sc(C)nc3C)ncn2)cc1. The highest BCUT2D eigenvalue weighted by Crippen LogP contribution is 2.21. The Hall–Kier alpha value is -2.80. The van der Waals surface area contributed by atoms with Gasteiger partial charge in [0.1, 0.15) is 17.0 Å². The Morgan fingerprint density at radius 1 is 1.20 bits per heavy atom. The van der Waals surface area contributed by atoms with Gasteiger partial charge < -0.3 is 10.1 Å². The molecule has 0 bridgehead atoms. The van der Waals surface area contributed by atoms with Crippen molar-refractivity contribution in [2.75, 3.05) is 7.11 Å². The van der Waals surface area contributed by atoms with Crippen molar-refractivity contribution in [2.45, 2.75) is 20.4 Å². The zero-order chi connectivity index (χ0) is 17.8. The molecule has 0 atom stereocenters. The molecule has 0 radical (unpaired) electrons. The molecule has 1 N–H and O–H groups in total. The van der Waals surface area contributed by atoms with Crippen molar-refractivity contribution in [3.8, 4) is 17.0 Å². The molecule has 0 fully saturated rings. The van der Waals surface area contributed by atoms with Crippen molar-refractivity contribution in [3.05, 3.63) is 57.9 Å². The number of thiazole rings is 1. The Bertz CT molecular complexity index is 890. The highest BCUT2D eigenvalue weighted by molar-refractivity contribution is 7.13. The summed E-state index contributed by atoms with van der Waals surface area (Å²) in [6, 6.07) is 9.51. The molecule has 3 rings (SSSR count). The number of nitrogens with one attached hydrogen (secondary N) is 1. The predicted molar refractivity (Wildman–Crippen MR) is 96.8 cm³/mol. The minimum absolute atomic E-state index is 0.132. The Morgan fingerprint density at radius 3 is 2.60 bits per heavy atom. The maximum absolute atomic E-state index is 12.3. The van der Waals surface area contributed by atoms with Crippen LogP contribution in [0.5, 0.6) is 5.75 Å². The molecule has 0 saturated heterocycles. The maximum atomic E-state index is 12.3. The van der Waals surface area contributed by atoms with E-state index in [-0.39, 0.29) is 5.91 Å². The number of hydrogen-bond donors (Lipinski definition) is 1. The third-order valence-corrected chi connectivity index (χ3v) is 4.72. The van der Waals surface area contributed by atoms with Crippen LogP contribution in [0.3, 0.4) is 0 Å². The van der Waals surface area contributed by atoms with Gasteiger partial charge in [-0.05, 0) is 44.2 Å². The van der Waals surface area contributed by atoms with Gasteiger partial charge in [0.25, 0.3) is 5.91 Å². The minimum atomic E-state index is -0.132. The van der Waals surface area contributed by atoms with E-state index in [1.165, 1.54) is 17.7 Å². The first-order valence-corrected chi connectivity index (χ1v) is 8.56. The number of hydrogen-bond acceptors (Lipinski definition) is 6. The lowest BCUT2D eigenvalue weighted by Crippen LogP contribution is -2.23. The van der Waals surface area contributed by atoms with Crippen molar-refractivity contribution in [2.24, 2.45) is 0 Å². The summed E-state index contributed by atoms with van der Waals surface area (Å²) in [4.78, 5) is 25.7. The fraction of sp³-hybridized carbons (Fsp3) is 0.222. The van der Waals surface area contributed by atoms with Crippen LogP contribution in [-0.4, -0.2) is 28.0 Å². The van der Waals surface area contributed by atoms with E-state index < -0.39 is 0 Å². The van der Waals surface area contributed by atoms with Crippen molar-refractivity contribution < 1.29 is 9.53 Å². The number of aryl methyl sites for hydroxylation is 2. The van der Waals surface area contributed by atoms with E-state index >= 15 is 0 Å². The van der Waals surface area contributed by atoms with Gasteiger partial charge in [-0.15, -0.1) is 11.3 Å². The second-order valence-corrected chi connectivity index (χ2v) is 6.66. The highest BCUT2D eigenvalue weighted by atomic mass is 32.1. The monoisotopic (exact) mass is 354 g/mol. The molecule has 0 saturated carbocycles. The molecule has 0 aliphatic heterocycles. The van der Waals surface area contributed by atoms with Gasteiger partial charge in [-0.2, -0.15) is 0 Å². The first-order valence-electron chi connectivity index (χ1n) is 7.74. The number of aromatic nitrogens is 3. The summed E-state index contributed by atoms with van der Waals surface area (Å²) in [6.07, 6.45) is 1.50. The van der Waals surface area contributed by atoms with E-state index in [2.05, 4.69) is 20.3 Å². The fourth-order valence-corrected chi connectivity index (χ4v) is 3.24. The Balaban J connectivity index is 1.71. The normalized spacial score (nSPS) is 10.5. The molecule has 0 unspecified atom stereocenters. The van der Waals surface area contributed by atoms with Gasteiger partial charge in [-0.25, -0.2) is 15.0 Å².